The van der Waals surface area contributed by atoms with Gasteiger partial charge in [-0.15, -0.1) is 0 Å². The highest BCUT2D eigenvalue weighted by molar-refractivity contribution is 5.18. The lowest BCUT2D eigenvalue weighted by Gasteiger charge is -2.26. The first-order chi connectivity index (χ1) is 6.75. The van der Waals surface area contributed by atoms with Gasteiger partial charge in [0.1, 0.15) is 0 Å². The van der Waals surface area contributed by atoms with Crippen molar-refractivity contribution in [2.75, 3.05) is 0 Å². The molecule has 0 aliphatic heterocycles. The summed E-state index contributed by atoms with van der Waals surface area (Å²) < 4.78 is 0. The minimum atomic E-state index is 0.777. The second kappa shape index (κ2) is 4.12. The number of aryl methyl sites for hydroxylation is 1. The summed E-state index contributed by atoms with van der Waals surface area (Å²) in [5, 5.41) is 0. The fourth-order valence-corrected chi connectivity index (χ4v) is 2.31. The molecule has 0 bridgehead atoms. The van der Waals surface area contributed by atoms with Crippen molar-refractivity contribution >= 4 is 0 Å². The summed E-state index contributed by atoms with van der Waals surface area (Å²) >= 11 is 0. The molecule has 0 amide bonds. The highest BCUT2D eigenvalue weighted by atomic mass is 14.7. The van der Waals surface area contributed by atoms with Crippen LogP contribution in [0.1, 0.15) is 49.8 Å². The molecule has 2 rings (SSSR count). The maximum Gasteiger partial charge on any atom is 0.0372 e. The van der Waals surface area contributed by atoms with E-state index in [1.54, 1.807) is 0 Å². The van der Waals surface area contributed by atoms with Crippen molar-refractivity contribution < 1.29 is 0 Å². The molecule has 0 saturated heterocycles. The van der Waals surface area contributed by atoms with Gasteiger partial charge in [-0.3, -0.25) is 4.98 Å². The van der Waals surface area contributed by atoms with Crippen molar-refractivity contribution in [3.8, 4) is 0 Å². The third-order valence-corrected chi connectivity index (χ3v) is 3.42. The van der Waals surface area contributed by atoms with Crippen molar-refractivity contribution in [1.82, 2.24) is 4.98 Å². The van der Waals surface area contributed by atoms with E-state index in [2.05, 4.69) is 30.2 Å². The molecule has 1 heteroatoms. The van der Waals surface area contributed by atoms with Crippen LogP contribution >= 0.6 is 0 Å². The molecule has 0 N–H and O–H groups in total. The van der Waals surface area contributed by atoms with Crippen molar-refractivity contribution in [2.45, 2.75) is 45.4 Å². The van der Waals surface area contributed by atoms with Gasteiger partial charge in [0.25, 0.3) is 0 Å². The van der Waals surface area contributed by atoms with Crippen LogP contribution in [0.25, 0.3) is 0 Å². The summed E-state index contributed by atoms with van der Waals surface area (Å²) in [6, 6.07) is 4.39. The molecule has 0 unspecified atom stereocenters. The Labute approximate surface area is 86.6 Å². The number of pyridine rings is 1. The Morgan fingerprint density at radius 3 is 2.43 bits per heavy atom. The highest BCUT2D eigenvalue weighted by Gasteiger charge is 2.19. The molecule has 1 saturated carbocycles. The summed E-state index contributed by atoms with van der Waals surface area (Å²) in [5.74, 6) is 1.71. The maximum absolute atomic E-state index is 4.37. The number of hydrogen-bond donors (Lipinski definition) is 0. The Balaban J connectivity index is 2.05. The zero-order valence-corrected chi connectivity index (χ0v) is 9.16. The molecule has 1 aromatic heterocycles. The molecule has 1 aliphatic carbocycles. The van der Waals surface area contributed by atoms with Crippen LogP contribution in [0.5, 0.6) is 0 Å². The molecule has 1 fully saturated rings. The van der Waals surface area contributed by atoms with Crippen LogP contribution in [0.3, 0.4) is 0 Å². The fraction of sp³-hybridized carbons (Fsp3) is 0.615. The lowest BCUT2D eigenvalue weighted by atomic mass is 9.80. The van der Waals surface area contributed by atoms with Crippen molar-refractivity contribution in [1.29, 1.82) is 0 Å². The maximum atomic E-state index is 4.37. The lowest BCUT2D eigenvalue weighted by molar-refractivity contribution is 0.347. The number of aromatic nitrogens is 1. The molecule has 14 heavy (non-hydrogen) atoms. The zero-order valence-electron chi connectivity index (χ0n) is 9.16. The van der Waals surface area contributed by atoms with Gasteiger partial charge in [-0.2, -0.15) is 0 Å². The quantitative estimate of drug-likeness (QED) is 0.656. The Hall–Kier alpha value is -0.850. The molecule has 0 radical (unpaired) electrons. The Kier molecular flexibility index (Phi) is 2.85. The van der Waals surface area contributed by atoms with Crippen LogP contribution in [0.2, 0.25) is 0 Å². The van der Waals surface area contributed by atoms with E-state index < -0.39 is 0 Å². The van der Waals surface area contributed by atoms with Gasteiger partial charge in [0, 0.05) is 11.9 Å². The van der Waals surface area contributed by atoms with Crippen LogP contribution in [0.15, 0.2) is 18.3 Å². The SMILES string of the molecule is Cc1ccc([C@H]2CC[C@H](C)CC2)cn1. The van der Waals surface area contributed by atoms with E-state index in [0.717, 1.165) is 17.5 Å². The molecule has 0 aromatic carbocycles. The number of nitrogens with zero attached hydrogens (tertiary/aromatic N) is 1. The van der Waals surface area contributed by atoms with Gasteiger partial charge in [0.15, 0.2) is 0 Å². The van der Waals surface area contributed by atoms with E-state index in [0.29, 0.717) is 0 Å². The normalized spacial score (nSPS) is 27.6. The van der Waals surface area contributed by atoms with Crippen molar-refractivity contribution in [3.63, 3.8) is 0 Å². The topological polar surface area (TPSA) is 12.9 Å². The van der Waals surface area contributed by atoms with E-state index in [9.17, 15) is 0 Å². The van der Waals surface area contributed by atoms with Gasteiger partial charge in [-0.1, -0.05) is 25.8 Å². The molecular weight excluding hydrogens is 170 g/mol. The predicted molar refractivity (Wildman–Crippen MR) is 59.3 cm³/mol. The van der Waals surface area contributed by atoms with Gasteiger partial charge in [-0.25, -0.2) is 0 Å². The Morgan fingerprint density at radius 1 is 1.14 bits per heavy atom. The average molecular weight is 189 g/mol. The first-order valence-electron chi connectivity index (χ1n) is 5.68. The summed E-state index contributed by atoms with van der Waals surface area (Å²) in [4.78, 5) is 4.37. The molecule has 0 spiro atoms. The van der Waals surface area contributed by atoms with Crippen LogP contribution in [0.4, 0.5) is 0 Å². The molecule has 76 valence electrons. The summed E-state index contributed by atoms with van der Waals surface area (Å²) in [6.07, 6.45) is 7.55. The minimum absolute atomic E-state index is 0.777. The minimum Gasteiger partial charge on any atom is -0.261 e. The van der Waals surface area contributed by atoms with Crippen LogP contribution in [-0.2, 0) is 0 Å². The van der Waals surface area contributed by atoms with Gasteiger partial charge in [0.05, 0.1) is 0 Å². The molecule has 1 aromatic rings. The van der Waals surface area contributed by atoms with Crippen molar-refractivity contribution in [3.05, 3.63) is 29.6 Å². The standard InChI is InChI=1S/C13H19N/c1-10-3-6-12(7-4-10)13-8-5-11(2)14-9-13/h5,8-10,12H,3-4,6-7H2,1-2H3/t10-,12-. The Morgan fingerprint density at radius 2 is 1.86 bits per heavy atom. The zero-order chi connectivity index (χ0) is 9.97. The first kappa shape index (κ1) is 9.70. The first-order valence-corrected chi connectivity index (χ1v) is 5.68. The summed E-state index contributed by atoms with van der Waals surface area (Å²) in [7, 11) is 0. The second-order valence-corrected chi connectivity index (χ2v) is 4.69. The molecule has 1 nitrogen and oxygen atoms in total. The van der Waals surface area contributed by atoms with Crippen LogP contribution < -0.4 is 0 Å². The van der Waals surface area contributed by atoms with Crippen LogP contribution in [-0.4, -0.2) is 4.98 Å². The van der Waals surface area contributed by atoms with Gasteiger partial charge in [0.2, 0.25) is 0 Å². The predicted octanol–water partition coefficient (Wildman–Crippen LogP) is 3.68. The third-order valence-electron chi connectivity index (χ3n) is 3.42. The summed E-state index contributed by atoms with van der Waals surface area (Å²) in [6.45, 7) is 4.41. The third kappa shape index (κ3) is 2.14. The molecule has 0 atom stereocenters. The van der Waals surface area contributed by atoms with E-state index in [1.165, 1.54) is 31.2 Å². The lowest BCUT2D eigenvalue weighted by Crippen LogP contribution is -2.10. The van der Waals surface area contributed by atoms with E-state index >= 15 is 0 Å². The van der Waals surface area contributed by atoms with Crippen molar-refractivity contribution in [2.24, 2.45) is 5.92 Å². The van der Waals surface area contributed by atoms with Gasteiger partial charge >= 0.3 is 0 Å². The largest absolute Gasteiger partial charge is 0.261 e. The van der Waals surface area contributed by atoms with E-state index in [4.69, 9.17) is 0 Å². The van der Waals surface area contributed by atoms with Crippen LogP contribution in [0, 0.1) is 12.8 Å². The molecule has 1 heterocycles. The van der Waals surface area contributed by atoms with Gasteiger partial charge < -0.3 is 0 Å². The average Bonchev–Trinajstić information content (AvgIpc) is 2.21. The number of hydrogen-bond acceptors (Lipinski definition) is 1. The fourth-order valence-electron chi connectivity index (χ4n) is 2.31. The monoisotopic (exact) mass is 189 g/mol. The van der Waals surface area contributed by atoms with E-state index in [-0.39, 0.29) is 0 Å². The molecular formula is C13H19N. The molecule has 1 aliphatic rings. The number of rotatable bonds is 1. The smallest absolute Gasteiger partial charge is 0.0372 e. The Bertz CT molecular complexity index is 281. The van der Waals surface area contributed by atoms with Gasteiger partial charge in [-0.05, 0) is 43.2 Å². The summed E-state index contributed by atoms with van der Waals surface area (Å²) in [5.41, 5.74) is 2.57. The second-order valence-electron chi connectivity index (χ2n) is 4.69. The van der Waals surface area contributed by atoms with E-state index in [1.807, 2.05) is 6.92 Å². The highest BCUT2D eigenvalue weighted by Crippen LogP contribution is 2.34.